The molecular weight excluding hydrogens is 395 g/mol. The molecule has 2 aromatic carbocycles. The van der Waals surface area contributed by atoms with Crippen LogP contribution in [0.1, 0.15) is 12.5 Å². The van der Waals surface area contributed by atoms with Gasteiger partial charge in [-0.3, -0.25) is 10.1 Å². The number of carboxylic acid groups (broad SMARTS) is 1. The van der Waals surface area contributed by atoms with Crippen LogP contribution in [-0.2, 0) is 11.0 Å². The topological polar surface area (TPSA) is 102 Å². The molecular formula is C16H10ClF3NO6-. The van der Waals surface area contributed by atoms with E-state index in [2.05, 4.69) is 0 Å². The van der Waals surface area contributed by atoms with Crippen molar-refractivity contribution in [1.29, 1.82) is 0 Å². The largest absolute Gasteiger partial charge is 0.546 e. The Bertz CT molecular complexity index is 887. The molecule has 0 aliphatic heterocycles. The van der Waals surface area contributed by atoms with Crippen LogP contribution < -0.4 is 14.6 Å². The molecule has 7 nitrogen and oxygen atoms in total. The summed E-state index contributed by atoms with van der Waals surface area (Å²) in [5.74, 6) is -2.22. The number of alkyl halides is 3. The van der Waals surface area contributed by atoms with Gasteiger partial charge in [0.15, 0.2) is 0 Å². The average molecular weight is 405 g/mol. The monoisotopic (exact) mass is 404 g/mol. The first-order valence-corrected chi connectivity index (χ1v) is 7.57. The third kappa shape index (κ3) is 5.00. The number of nitro benzene ring substituents is 1. The van der Waals surface area contributed by atoms with Crippen LogP contribution in [0.2, 0.25) is 5.02 Å². The van der Waals surface area contributed by atoms with Gasteiger partial charge in [0.1, 0.15) is 17.6 Å². The molecule has 0 spiro atoms. The minimum atomic E-state index is -4.59. The van der Waals surface area contributed by atoms with Crippen molar-refractivity contribution in [3.05, 3.63) is 57.1 Å². The van der Waals surface area contributed by atoms with Crippen molar-refractivity contribution in [2.45, 2.75) is 19.2 Å². The number of aliphatic carboxylic acids is 1. The normalized spacial score (nSPS) is 12.3. The molecule has 2 aromatic rings. The lowest BCUT2D eigenvalue weighted by molar-refractivity contribution is -0.386. The molecule has 1 unspecified atom stereocenters. The zero-order valence-electron chi connectivity index (χ0n) is 13.5. The van der Waals surface area contributed by atoms with E-state index < -0.39 is 40.2 Å². The van der Waals surface area contributed by atoms with E-state index in [9.17, 15) is 33.2 Å². The van der Waals surface area contributed by atoms with Gasteiger partial charge in [-0.15, -0.1) is 0 Å². The number of carboxylic acids is 1. The Morgan fingerprint density at radius 2 is 1.85 bits per heavy atom. The van der Waals surface area contributed by atoms with Crippen molar-refractivity contribution in [1.82, 2.24) is 0 Å². The van der Waals surface area contributed by atoms with Crippen molar-refractivity contribution < 1.29 is 37.5 Å². The number of nitrogens with zero attached hydrogens (tertiary/aromatic N) is 1. The van der Waals surface area contributed by atoms with E-state index in [-0.39, 0.29) is 16.5 Å². The maximum absolute atomic E-state index is 12.7. The van der Waals surface area contributed by atoms with Gasteiger partial charge in [-0.2, -0.15) is 13.2 Å². The second-order valence-corrected chi connectivity index (χ2v) is 5.62. The predicted octanol–water partition coefficient (Wildman–Crippen LogP) is 3.58. The van der Waals surface area contributed by atoms with Crippen LogP contribution in [0, 0.1) is 10.1 Å². The number of rotatable bonds is 6. The van der Waals surface area contributed by atoms with Gasteiger partial charge in [0, 0.05) is 12.1 Å². The van der Waals surface area contributed by atoms with Crippen LogP contribution in [0.15, 0.2) is 36.4 Å². The first-order valence-electron chi connectivity index (χ1n) is 7.19. The fourth-order valence-corrected chi connectivity index (χ4v) is 2.15. The lowest BCUT2D eigenvalue weighted by atomic mass is 10.2. The number of halogens is 4. The number of hydrogen-bond acceptors (Lipinski definition) is 6. The molecule has 0 aliphatic carbocycles. The third-order valence-electron chi connectivity index (χ3n) is 3.25. The van der Waals surface area contributed by atoms with Gasteiger partial charge in [-0.25, -0.2) is 0 Å². The average Bonchev–Trinajstić information content (AvgIpc) is 2.55. The van der Waals surface area contributed by atoms with E-state index in [1.54, 1.807) is 0 Å². The van der Waals surface area contributed by atoms with Gasteiger partial charge >= 0.3 is 11.9 Å². The zero-order valence-corrected chi connectivity index (χ0v) is 14.2. The van der Waals surface area contributed by atoms with E-state index in [1.807, 2.05) is 0 Å². The highest BCUT2D eigenvalue weighted by atomic mass is 35.5. The molecule has 1 atom stereocenters. The standard InChI is InChI=1S/C16H11ClF3NO6/c1-8(15(22)23)26-14-7-10(3-4-12(14)21(24)25)27-13-5-2-9(6-11(13)17)16(18,19)20/h2-8H,1H3,(H,22,23)/p-1. The van der Waals surface area contributed by atoms with Gasteiger partial charge in [0.05, 0.1) is 21.5 Å². The van der Waals surface area contributed by atoms with E-state index in [4.69, 9.17) is 21.1 Å². The number of nitro groups is 1. The summed E-state index contributed by atoms with van der Waals surface area (Å²) in [5, 5.41) is 21.5. The molecule has 0 saturated heterocycles. The lowest BCUT2D eigenvalue weighted by Gasteiger charge is -2.16. The minimum absolute atomic E-state index is 0.0668. The fourth-order valence-electron chi connectivity index (χ4n) is 1.93. The molecule has 2 rings (SSSR count). The van der Waals surface area contributed by atoms with Gasteiger partial charge in [0.2, 0.25) is 5.75 Å². The third-order valence-corrected chi connectivity index (χ3v) is 3.55. The summed E-state index contributed by atoms with van der Waals surface area (Å²) in [6, 6.07) is 5.57. The van der Waals surface area contributed by atoms with Crippen LogP contribution >= 0.6 is 11.6 Å². The van der Waals surface area contributed by atoms with Crippen LogP contribution in [0.3, 0.4) is 0 Å². The van der Waals surface area contributed by atoms with Crippen molar-refractivity contribution in [3.63, 3.8) is 0 Å². The Kier molecular flexibility index (Phi) is 5.79. The highest BCUT2D eigenvalue weighted by Crippen LogP contribution is 2.38. The number of carbonyl (C=O) groups is 1. The van der Waals surface area contributed by atoms with Gasteiger partial charge in [0.25, 0.3) is 0 Å². The quantitative estimate of drug-likeness (QED) is 0.538. The molecule has 0 radical (unpaired) electrons. The summed E-state index contributed by atoms with van der Waals surface area (Å²) >= 11 is 5.78. The first kappa shape index (κ1) is 20.3. The summed E-state index contributed by atoms with van der Waals surface area (Å²) in [7, 11) is 0. The SMILES string of the molecule is CC(Oc1cc(Oc2ccc(C(F)(F)F)cc2Cl)ccc1[N+](=O)[O-])C(=O)[O-]. The van der Waals surface area contributed by atoms with E-state index in [0.29, 0.717) is 6.07 Å². The summed E-state index contributed by atoms with van der Waals surface area (Å²) in [5.41, 5.74) is -1.51. The predicted molar refractivity (Wildman–Crippen MR) is 84.7 cm³/mol. The molecule has 11 heteroatoms. The lowest BCUT2D eigenvalue weighted by Crippen LogP contribution is -2.37. The summed E-state index contributed by atoms with van der Waals surface area (Å²) in [6.45, 7) is 1.11. The molecule has 0 aromatic heterocycles. The zero-order chi connectivity index (χ0) is 20.4. The molecule has 0 aliphatic rings. The number of carbonyl (C=O) groups excluding carboxylic acids is 1. The van der Waals surface area contributed by atoms with Gasteiger partial charge < -0.3 is 19.4 Å². The van der Waals surface area contributed by atoms with Crippen LogP contribution in [0.25, 0.3) is 0 Å². The second kappa shape index (κ2) is 7.70. The smallest absolute Gasteiger partial charge is 0.416 e. The molecule has 0 heterocycles. The van der Waals surface area contributed by atoms with Crippen LogP contribution in [0.4, 0.5) is 18.9 Å². The van der Waals surface area contributed by atoms with E-state index >= 15 is 0 Å². The van der Waals surface area contributed by atoms with Crippen LogP contribution in [-0.4, -0.2) is 17.0 Å². The Morgan fingerprint density at radius 3 is 2.37 bits per heavy atom. The summed E-state index contributed by atoms with van der Waals surface area (Å²) in [4.78, 5) is 21.0. The van der Waals surface area contributed by atoms with E-state index in [1.165, 1.54) is 0 Å². The Balaban J connectivity index is 2.34. The summed E-state index contributed by atoms with van der Waals surface area (Å²) < 4.78 is 48.3. The van der Waals surface area contributed by atoms with Crippen molar-refractivity contribution in [2.75, 3.05) is 0 Å². The molecule has 0 amide bonds. The number of hydrogen-bond donors (Lipinski definition) is 0. The summed E-state index contributed by atoms with van der Waals surface area (Å²) in [6.07, 6.45) is -6.08. The second-order valence-electron chi connectivity index (χ2n) is 5.21. The highest BCUT2D eigenvalue weighted by Gasteiger charge is 2.31. The molecule has 0 saturated carbocycles. The maximum Gasteiger partial charge on any atom is 0.416 e. The Labute approximate surface area is 155 Å². The molecule has 0 N–H and O–H groups in total. The van der Waals surface area contributed by atoms with Crippen molar-refractivity contribution in [2.24, 2.45) is 0 Å². The Hall–Kier alpha value is -3.01. The van der Waals surface area contributed by atoms with Crippen LogP contribution in [0.5, 0.6) is 17.2 Å². The minimum Gasteiger partial charge on any atom is -0.546 e. The number of ether oxygens (including phenoxy) is 2. The van der Waals surface area contributed by atoms with Crippen molar-refractivity contribution >= 4 is 23.3 Å². The molecule has 144 valence electrons. The molecule has 0 bridgehead atoms. The first-order chi connectivity index (χ1) is 12.5. The molecule has 27 heavy (non-hydrogen) atoms. The Morgan fingerprint density at radius 1 is 1.19 bits per heavy atom. The fraction of sp³-hybridized carbons (Fsp3) is 0.188. The maximum atomic E-state index is 12.7. The molecule has 0 fully saturated rings. The number of benzene rings is 2. The van der Waals surface area contributed by atoms with Crippen molar-refractivity contribution in [3.8, 4) is 17.2 Å². The van der Waals surface area contributed by atoms with Gasteiger partial charge in [-0.05, 0) is 31.2 Å². The van der Waals surface area contributed by atoms with Gasteiger partial charge in [-0.1, -0.05) is 11.6 Å². The van der Waals surface area contributed by atoms with E-state index in [0.717, 1.165) is 37.3 Å². The highest BCUT2D eigenvalue weighted by molar-refractivity contribution is 6.32.